The first-order chi connectivity index (χ1) is 11.9. The summed E-state index contributed by atoms with van der Waals surface area (Å²) in [5.41, 5.74) is 1.03. The molecule has 1 aromatic rings. The number of amides is 2. The first kappa shape index (κ1) is 18.0. The summed E-state index contributed by atoms with van der Waals surface area (Å²) in [7, 11) is 2.13. The van der Waals surface area contributed by atoms with E-state index in [1.807, 2.05) is 18.2 Å². The summed E-state index contributed by atoms with van der Waals surface area (Å²) in [6, 6.07) is 7.74. The molecule has 2 aliphatic heterocycles. The highest BCUT2D eigenvalue weighted by Crippen LogP contribution is 2.30. The van der Waals surface area contributed by atoms with Crippen LogP contribution < -0.4 is 10.2 Å². The van der Waals surface area contributed by atoms with Gasteiger partial charge in [0, 0.05) is 32.7 Å². The normalized spacial score (nSPS) is 22.3. The van der Waals surface area contributed by atoms with Crippen LogP contribution in [0, 0.1) is 0 Å². The zero-order chi connectivity index (χ0) is 18.0. The summed E-state index contributed by atoms with van der Waals surface area (Å²) >= 11 is 0. The highest BCUT2D eigenvalue weighted by Gasteiger charge is 2.38. The maximum atomic E-state index is 12.8. The van der Waals surface area contributed by atoms with Gasteiger partial charge in [-0.2, -0.15) is 0 Å². The van der Waals surface area contributed by atoms with Crippen molar-refractivity contribution in [3.05, 3.63) is 24.3 Å². The summed E-state index contributed by atoms with van der Waals surface area (Å²) in [6.45, 7) is 8.21. The Morgan fingerprint density at radius 2 is 1.84 bits per heavy atom. The third-order valence-corrected chi connectivity index (χ3v) is 5.32. The summed E-state index contributed by atoms with van der Waals surface area (Å²) in [4.78, 5) is 19.3. The van der Waals surface area contributed by atoms with Crippen LogP contribution >= 0.6 is 0 Å². The van der Waals surface area contributed by atoms with Gasteiger partial charge in [-0.15, -0.1) is 0 Å². The van der Waals surface area contributed by atoms with Crippen LogP contribution in [0.5, 0.6) is 0 Å². The standard InChI is InChI=1S/C19H30N4O2/c1-19(2,25)17-9-6-10-23(17)18(24)20-15-7-4-5-8-16(15)22-13-11-21(3)12-14-22/h4-5,7-8,17,25H,6,9-14H2,1-3H3,(H,20,24). The summed E-state index contributed by atoms with van der Waals surface area (Å²) in [5, 5.41) is 13.4. The number of likely N-dealkylation sites (N-methyl/N-ethyl adjacent to an activating group) is 1. The zero-order valence-electron chi connectivity index (χ0n) is 15.5. The fourth-order valence-corrected chi connectivity index (χ4v) is 3.83. The lowest BCUT2D eigenvalue weighted by Gasteiger charge is -2.36. The molecule has 2 fully saturated rings. The number of hydrogen-bond acceptors (Lipinski definition) is 4. The molecule has 2 N–H and O–H groups in total. The molecule has 1 aromatic carbocycles. The molecule has 2 amide bonds. The van der Waals surface area contributed by atoms with E-state index in [2.05, 4.69) is 28.2 Å². The number of urea groups is 1. The SMILES string of the molecule is CN1CCN(c2ccccc2NC(=O)N2CCCC2C(C)(C)O)CC1. The molecule has 0 aromatic heterocycles. The third kappa shape index (κ3) is 4.07. The number of carbonyl (C=O) groups is 1. The Morgan fingerprint density at radius 3 is 2.52 bits per heavy atom. The Kier molecular flexibility index (Phi) is 5.20. The number of carbonyl (C=O) groups excluding carboxylic acids is 1. The molecule has 6 nitrogen and oxygen atoms in total. The van der Waals surface area contributed by atoms with Crippen LogP contribution in [0.25, 0.3) is 0 Å². The predicted molar refractivity (Wildman–Crippen MR) is 101 cm³/mol. The van der Waals surface area contributed by atoms with E-state index in [1.165, 1.54) is 0 Å². The molecule has 0 bridgehead atoms. The van der Waals surface area contributed by atoms with Gasteiger partial charge in [0.1, 0.15) is 0 Å². The van der Waals surface area contributed by atoms with Crippen molar-refractivity contribution in [2.75, 3.05) is 50.0 Å². The van der Waals surface area contributed by atoms with Gasteiger partial charge in [0.25, 0.3) is 0 Å². The monoisotopic (exact) mass is 346 g/mol. The van der Waals surface area contributed by atoms with E-state index in [0.29, 0.717) is 6.54 Å². The molecule has 6 heteroatoms. The van der Waals surface area contributed by atoms with Crippen LogP contribution in [-0.4, -0.2) is 72.4 Å². The van der Waals surface area contributed by atoms with E-state index in [1.54, 1.807) is 18.7 Å². The van der Waals surface area contributed by atoms with Crippen LogP contribution in [0.3, 0.4) is 0 Å². The average Bonchev–Trinajstić information content (AvgIpc) is 3.06. The van der Waals surface area contributed by atoms with Gasteiger partial charge in [-0.3, -0.25) is 0 Å². The lowest BCUT2D eigenvalue weighted by atomic mass is 9.97. The molecule has 0 aliphatic carbocycles. The number of para-hydroxylation sites is 2. The number of hydrogen-bond donors (Lipinski definition) is 2. The molecule has 0 saturated carbocycles. The fourth-order valence-electron chi connectivity index (χ4n) is 3.83. The van der Waals surface area contributed by atoms with E-state index in [0.717, 1.165) is 50.4 Å². The molecule has 1 atom stereocenters. The van der Waals surface area contributed by atoms with Crippen LogP contribution in [0.4, 0.5) is 16.2 Å². The Labute approximate surface area is 150 Å². The molecule has 3 rings (SSSR count). The highest BCUT2D eigenvalue weighted by molar-refractivity contribution is 5.93. The van der Waals surface area contributed by atoms with Gasteiger partial charge in [-0.1, -0.05) is 12.1 Å². The second kappa shape index (κ2) is 7.22. The first-order valence-electron chi connectivity index (χ1n) is 9.19. The summed E-state index contributed by atoms with van der Waals surface area (Å²) < 4.78 is 0. The minimum absolute atomic E-state index is 0.119. The largest absolute Gasteiger partial charge is 0.388 e. The van der Waals surface area contributed by atoms with Gasteiger partial charge in [0.05, 0.1) is 23.0 Å². The molecule has 1 unspecified atom stereocenters. The van der Waals surface area contributed by atoms with Crippen LogP contribution in [0.15, 0.2) is 24.3 Å². The summed E-state index contributed by atoms with van der Waals surface area (Å²) in [5.74, 6) is 0. The number of benzene rings is 1. The molecule has 2 aliphatic rings. The van der Waals surface area contributed by atoms with Crippen molar-refractivity contribution in [3.8, 4) is 0 Å². The fraction of sp³-hybridized carbons (Fsp3) is 0.632. The smallest absolute Gasteiger partial charge is 0.322 e. The van der Waals surface area contributed by atoms with Gasteiger partial charge >= 0.3 is 6.03 Å². The molecule has 0 spiro atoms. The predicted octanol–water partition coefficient (Wildman–Crippen LogP) is 2.21. The number of likely N-dealkylation sites (tertiary alicyclic amines) is 1. The lowest BCUT2D eigenvalue weighted by Crippen LogP contribution is -2.49. The van der Waals surface area contributed by atoms with E-state index in [-0.39, 0.29) is 12.1 Å². The van der Waals surface area contributed by atoms with Gasteiger partial charge < -0.3 is 25.1 Å². The van der Waals surface area contributed by atoms with Crippen molar-refractivity contribution in [2.24, 2.45) is 0 Å². The number of rotatable bonds is 3. The van der Waals surface area contributed by atoms with Crippen molar-refractivity contribution in [1.29, 1.82) is 0 Å². The van der Waals surface area contributed by atoms with Crippen molar-refractivity contribution < 1.29 is 9.90 Å². The van der Waals surface area contributed by atoms with Gasteiger partial charge in [-0.05, 0) is 45.9 Å². The van der Waals surface area contributed by atoms with E-state index in [9.17, 15) is 9.90 Å². The van der Waals surface area contributed by atoms with Crippen LogP contribution in [-0.2, 0) is 0 Å². The Balaban J connectivity index is 1.74. The Morgan fingerprint density at radius 1 is 1.16 bits per heavy atom. The average molecular weight is 346 g/mol. The number of nitrogens with zero attached hydrogens (tertiary/aromatic N) is 3. The Hall–Kier alpha value is -1.79. The van der Waals surface area contributed by atoms with Gasteiger partial charge in [0.2, 0.25) is 0 Å². The maximum Gasteiger partial charge on any atom is 0.322 e. The molecule has 2 saturated heterocycles. The molecular formula is C19H30N4O2. The minimum Gasteiger partial charge on any atom is -0.388 e. The second-order valence-electron chi connectivity index (χ2n) is 7.74. The maximum absolute atomic E-state index is 12.8. The number of aliphatic hydroxyl groups is 1. The van der Waals surface area contributed by atoms with Crippen molar-refractivity contribution in [3.63, 3.8) is 0 Å². The van der Waals surface area contributed by atoms with Crippen molar-refractivity contribution in [2.45, 2.75) is 38.3 Å². The molecular weight excluding hydrogens is 316 g/mol. The Bertz CT molecular complexity index is 606. The number of anilines is 2. The molecule has 2 heterocycles. The number of piperazine rings is 1. The van der Waals surface area contributed by atoms with E-state index < -0.39 is 5.60 Å². The van der Waals surface area contributed by atoms with E-state index in [4.69, 9.17) is 0 Å². The van der Waals surface area contributed by atoms with Gasteiger partial charge in [-0.25, -0.2) is 4.79 Å². The molecule has 25 heavy (non-hydrogen) atoms. The van der Waals surface area contributed by atoms with E-state index >= 15 is 0 Å². The topological polar surface area (TPSA) is 59.0 Å². The first-order valence-corrected chi connectivity index (χ1v) is 9.19. The van der Waals surface area contributed by atoms with Crippen molar-refractivity contribution in [1.82, 2.24) is 9.80 Å². The van der Waals surface area contributed by atoms with Gasteiger partial charge in [0.15, 0.2) is 0 Å². The summed E-state index contributed by atoms with van der Waals surface area (Å²) in [6.07, 6.45) is 1.78. The zero-order valence-corrected chi connectivity index (χ0v) is 15.5. The third-order valence-electron chi connectivity index (χ3n) is 5.32. The minimum atomic E-state index is -0.884. The molecule has 0 radical (unpaired) electrons. The molecule has 138 valence electrons. The number of nitrogens with one attached hydrogen (secondary N) is 1. The lowest BCUT2D eigenvalue weighted by molar-refractivity contribution is 0.0117. The quantitative estimate of drug-likeness (QED) is 0.881. The highest BCUT2D eigenvalue weighted by atomic mass is 16.3. The second-order valence-corrected chi connectivity index (χ2v) is 7.74. The van der Waals surface area contributed by atoms with Crippen molar-refractivity contribution >= 4 is 17.4 Å². The van der Waals surface area contributed by atoms with Crippen LogP contribution in [0.1, 0.15) is 26.7 Å². The van der Waals surface area contributed by atoms with Crippen LogP contribution in [0.2, 0.25) is 0 Å².